The van der Waals surface area contributed by atoms with E-state index in [4.69, 9.17) is 0 Å². The van der Waals surface area contributed by atoms with Crippen molar-refractivity contribution in [2.45, 2.75) is 6.54 Å². The molecule has 0 fully saturated rings. The summed E-state index contributed by atoms with van der Waals surface area (Å²) >= 11 is 2.33. The first kappa shape index (κ1) is 12.8. The van der Waals surface area contributed by atoms with Crippen LogP contribution in [0.3, 0.4) is 0 Å². The van der Waals surface area contributed by atoms with Crippen molar-refractivity contribution in [3.63, 3.8) is 0 Å². The maximum absolute atomic E-state index is 4.65. The standard InChI is InChI=1S/C16H13IN4/c1-20-15-5-3-2-4-13(15)14(19-20)10-21-16-8-12(17)7-6-11(16)9-18-21/h2-9H,10H2,1H3. The van der Waals surface area contributed by atoms with Gasteiger partial charge in [0.05, 0.1) is 29.5 Å². The van der Waals surface area contributed by atoms with E-state index in [1.165, 1.54) is 8.96 Å². The molecular formula is C16H13IN4. The van der Waals surface area contributed by atoms with Crippen molar-refractivity contribution < 1.29 is 0 Å². The molecule has 4 aromatic rings. The van der Waals surface area contributed by atoms with Gasteiger partial charge in [0.25, 0.3) is 0 Å². The number of fused-ring (bicyclic) bond motifs is 2. The number of aromatic nitrogens is 4. The van der Waals surface area contributed by atoms with Gasteiger partial charge in [0.2, 0.25) is 0 Å². The highest BCUT2D eigenvalue weighted by atomic mass is 127. The Balaban J connectivity index is 1.85. The molecule has 0 spiro atoms. The first-order valence-electron chi connectivity index (χ1n) is 6.74. The monoisotopic (exact) mass is 388 g/mol. The highest BCUT2D eigenvalue weighted by Crippen LogP contribution is 2.21. The van der Waals surface area contributed by atoms with Crippen LogP contribution >= 0.6 is 22.6 Å². The number of rotatable bonds is 2. The average Bonchev–Trinajstić information content (AvgIpc) is 3.02. The number of hydrogen-bond donors (Lipinski definition) is 0. The third kappa shape index (κ3) is 2.12. The zero-order valence-electron chi connectivity index (χ0n) is 11.5. The SMILES string of the molecule is Cn1nc(Cn2ncc3ccc(I)cc32)c2ccccc21. The average molecular weight is 388 g/mol. The van der Waals surface area contributed by atoms with Crippen molar-refractivity contribution in [2.24, 2.45) is 7.05 Å². The van der Waals surface area contributed by atoms with Gasteiger partial charge >= 0.3 is 0 Å². The zero-order chi connectivity index (χ0) is 14.4. The predicted octanol–water partition coefficient (Wildman–Crippen LogP) is 3.58. The summed E-state index contributed by atoms with van der Waals surface area (Å²) in [6, 6.07) is 14.7. The first-order chi connectivity index (χ1) is 10.2. The summed E-state index contributed by atoms with van der Waals surface area (Å²) in [4.78, 5) is 0. The highest BCUT2D eigenvalue weighted by Gasteiger charge is 2.10. The molecule has 0 unspecified atom stereocenters. The van der Waals surface area contributed by atoms with Gasteiger partial charge in [-0.15, -0.1) is 0 Å². The molecule has 0 saturated heterocycles. The molecule has 21 heavy (non-hydrogen) atoms. The molecule has 0 atom stereocenters. The van der Waals surface area contributed by atoms with Crippen molar-refractivity contribution in [1.29, 1.82) is 0 Å². The van der Waals surface area contributed by atoms with Crippen molar-refractivity contribution in [1.82, 2.24) is 19.6 Å². The summed E-state index contributed by atoms with van der Waals surface area (Å²) in [5.41, 5.74) is 3.35. The Hall–Kier alpha value is -1.89. The minimum Gasteiger partial charge on any atom is -0.268 e. The Morgan fingerprint density at radius 3 is 2.86 bits per heavy atom. The maximum atomic E-state index is 4.65. The van der Waals surface area contributed by atoms with E-state index in [1.54, 1.807) is 0 Å². The Morgan fingerprint density at radius 1 is 1.10 bits per heavy atom. The van der Waals surface area contributed by atoms with Crippen LogP contribution in [-0.4, -0.2) is 19.6 Å². The molecule has 4 nitrogen and oxygen atoms in total. The summed E-state index contributed by atoms with van der Waals surface area (Å²) in [5, 5.41) is 11.5. The van der Waals surface area contributed by atoms with E-state index in [0.717, 1.165) is 22.1 Å². The second-order valence-electron chi connectivity index (χ2n) is 5.09. The molecule has 2 aromatic carbocycles. The second-order valence-corrected chi connectivity index (χ2v) is 6.34. The van der Waals surface area contributed by atoms with Gasteiger partial charge in [-0.05, 0) is 40.8 Å². The Morgan fingerprint density at radius 2 is 1.95 bits per heavy atom. The van der Waals surface area contributed by atoms with E-state index in [-0.39, 0.29) is 0 Å². The molecule has 2 heterocycles. The quantitative estimate of drug-likeness (QED) is 0.493. The maximum Gasteiger partial charge on any atom is 0.0918 e. The van der Waals surface area contributed by atoms with Gasteiger partial charge in [0, 0.05) is 21.4 Å². The fraction of sp³-hybridized carbons (Fsp3) is 0.125. The molecule has 0 aliphatic carbocycles. The van der Waals surface area contributed by atoms with E-state index in [0.29, 0.717) is 6.54 Å². The number of para-hydroxylation sites is 1. The summed E-state index contributed by atoms with van der Waals surface area (Å²) < 4.78 is 5.17. The number of halogens is 1. The summed E-state index contributed by atoms with van der Waals surface area (Å²) in [6.45, 7) is 0.685. The minimum absolute atomic E-state index is 0.685. The van der Waals surface area contributed by atoms with Crippen molar-refractivity contribution in [2.75, 3.05) is 0 Å². The highest BCUT2D eigenvalue weighted by molar-refractivity contribution is 14.1. The number of benzene rings is 2. The Kier molecular flexibility index (Phi) is 2.95. The first-order valence-corrected chi connectivity index (χ1v) is 7.82. The third-order valence-electron chi connectivity index (χ3n) is 3.74. The summed E-state index contributed by atoms with van der Waals surface area (Å²) in [6.07, 6.45) is 1.91. The van der Waals surface area contributed by atoms with Crippen LogP contribution in [0.2, 0.25) is 0 Å². The van der Waals surface area contributed by atoms with Gasteiger partial charge in [-0.25, -0.2) is 0 Å². The molecule has 104 valence electrons. The van der Waals surface area contributed by atoms with Crippen LogP contribution < -0.4 is 0 Å². The molecule has 0 amide bonds. The van der Waals surface area contributed by atoms with Crippen LogP contribution in [0.5, 0.6) is 0 Å². The minimum atomic E-state index is 0.685. The Bertz CT molecular complexity index is 951. The lowest BCUT2D eigenvalue weighted by molar-refractivity contribution is 0.674. The zero-order valence-corrected chi connectivity index (χ0v) is 13.7. The van der Waals surface area contributed by atoms with E-state index in [9.17, 15) is 0 Å². The second kappa shape index (κ2) is 4.84. The smallest absolute Gasteiger partial charge is 0.0918 e. The topological polar surface area (TPSA) is 35.6 Å². The van der Waals surface area contributed by atoms with E-state index < -0.39 is 0 Å². The lowest BCUT2D eigenvalue weighted by Crippen LogP contribution is -2.03. The van der Waals surface area contributed by atoms with Crippen molar-refractivity contribution in [3.05, 3.63) is 57.9 Å². The van der Waals surface area contributed by atoms with Crippen molar-refractivity contribution in [3.8, 4) is 0 Å². The molecule has 0 bridgehead atoms. The molecule has 4 rings (SSSR count). The van der Waals surface area contributed by atoms with Gasteiger partial charge in [-0.2, -0.15) is 10.2 Å². The molecule has 2 aromatic heterocycles. The summed E-state index contributed by atoms with van der Waals surface area (Å²) in [5.74, 6) is 0. The lowest BCUT2D eigenvalue weighted by Gasteiger charge is -2.02. The fourth-order valence-electron chi connectivity index (χ4n) is 2.72. The molecule has 0 aliphatic heterocycles. The van der Waals surface area contributed by atoms with Crippen LogP contribution in [0, 0.1) is 3.57 Å². The van der Waals surface area contributed by atoms with Gasteiger partial charge in [-0.3, -0.25) is 9.36 Å². The molecule has 0 radical (unpaired) electrons. The number of nitrogens with zero attached hydrogens (tertiary/aromatic N) is 4. The van der Waals surface area contributed by atoms with E-state index in [2.05, 4.69) is 69.2 Å². The Labute approximate surface area is 135 Å². The normalized spacial score (nSPS) is 11.5. The summed E-state index contributed by atoms with van der Waals surface area (Å²) in [7, 11) is 1.98. The fourth-order valence-corrected chi connectivity index (χ4v) is 3.19. The van der Waals surface area contributed by atoms with E-state index >= 15 is 0 Å². The number of hydrogen-bond acceptors (Lipinski definition) is 2. The molecule has 5 heteroatoms. The van der Waals surface area contributed by atoms with Crippen LogP contribution in [0.15, 0.2) is 48.7 Å². The van der Waals surface area contributed by atoms with Crippen LogP contribution in [0.1, 0.15) is 5.69 Å². The van der Waals surface area contributed by atoms with Gasteiger partial charge in [0.1, 0.15) is 0 Å². The molecular weight excluding hydrogens is 375 g/mol. The molecule has 0 saturated carbocycles. The largest absolute Gasteiger partial charge is 0.268 e. The number of aryl methyl sites for hydroxylation is 1. The molecule has 0 N–H and O–H groups in total. The third-order valence-corrected chi connectivity index (χ3v) is 4.41. The van der Waals surface area contributed by atoms with E-state index in [1.807, 2.05) is 28.7 Å². The van der Waals surface area contributed by atoms with Gasteiger partial charge in [-0.1, -0.05) is 24.3 Å². The predicted molar refractivity (Wildman–Crippen MR) is 92.3 cm³/mol. The molecule has 0 aliphatic rings. The van der Waals surface area contributed by atoms with Crippen molar-refractivity contribution >= 4 is 44.4 Å². The van der Waals surface area contributed by atoms with Gasteiger partial charge in [0.15, 0.2) is 0 Å². The van der Waals surface area contributed by atoms with Crippen LogP contribution in [0.25, 0.3) is 21.8 Å². The lowest BCUT2D eigenvalue weighted by atomic mass is 10.2. The van der Waals surface area contributed by atoms with Gasteiger partial charge < -0.3 is 0 Å². The van der Waals surface area contributed by atoms with Crippen LogP contribution in [-0.2, 0) is 13.6 Å². The van der Waals surface area contributed by atoms with Crippen LogP contribution in [0.4, 0.5) is 0 Å².